The largest absolute Gasteiger partial charge is 0.490 e. The van der Waals surface area contributed by atoms with Gasteiger partial charge in [0.1, 0.15) is 5.75 Å². The molecule has 0 spiro atoms. The molecule has 104 valence electrons. The van der Waals surface area contributed by atoms with E-state index in [2.05, 4.69) is 47.1 Å². The van der Waals surface area contributed by atoms with E-state index in [9.17, 15) is 0 Å². The number of halogens is 1. The summed E-state index contributed by atoms with van der Waals surface area (Å²) in [6.45, 7) is 2.09. The highest BCUT2D eigenvalue weighted by molar-refractivity contribution is 9.10. The standard InChI is InChI=1S/C17H18BrNO/c1-11-2-5-13(18)10-16(11)17(19)12-3-6-14(7-4-12)20-15-8-9-15/h2-7,10,15,17H,8-9,19H2,1H3. The Morgan fingerprint density at radius 1 is 1.15 bits per heavy atom. The SMILES string of the molecule is Cc1ccc(Br)cc1C(N)c1ccc(OC2CC2)cc1. The monoisotopic (exact) mass is 331 g/mol. The maximum absolute atomic E-state index is 6.39. The maximum Gasteiger partial charge on any atom is 0.119 e. The fourth-order valence-corrected chi connectivity index (χ4v) is 2.64. The minimum Gasteiger partial charge on any atom is -0.490 e. The summed E-state index contributed by atoms with van der Waals surface area (Å²) in [4.78, 5) is 0. The van der Waals surface area contributed by atoms with Crippen molar-refractivity contribution in [1.82, 2.24) is 0 Å². The van der Waals surface area contributed by atoms with Gasteiger partial charge < -0.3 is 10.5 Å². The van der Waals surface area contributed by atoms with Crippen LogP contribution >= 0.6 is 15.9 Å². The lowest BCUT2D eigenvalue weighted by atomic mass is 9.96. The zero-order valence-corrected chi connectivity index (χ0v) is 13.1. The third-order valence-electron chi connectivity index (χ3n) is 3.64. The molecule has 0 aliphatic heterocycles. The predicted octanol–water partition coefficient (Wildman–Crippen LogP) is 4.35. The molecule has 1 saturated carbocycles. The Balaban J connectivity index is 1.81. The number of ether oxygens (including phenoxy) is 1. The molecular formula is C17H18BrNO. The van der Waals surface area contributed by atoms with Crippen molar-refractivity contribution in [1.29, 1.82) is 0 Å². The lowest BCUT2D eigenvalue weighted by Crippen LogP contribution is -2.13. The van der Waals surface area contributed by atoms with Crippen LogP contribution in [-0.4, -0.2) is 6.10 Å². The molecular weight excluding hydrogens is 314 g/mol. The number of aryl methyl sites for hydroxylation is 1. The van der Waals surface area contributed by atoms with Crippen molar-refractivity contribution in [3.05, 3.63) is 63.6 Å². The molecule has 0 bridgehead atoms. The van der Waals surface area contributed by atoms with Gasteiger partial charge in [-0.15, -0.1) is 0 Å². The van der Waals surface area contributed by atoms with Crippen LogP contribution in [0.1, 0.15) is 35.6 Å². The number of hydrogen-bond donors (Lipinski definition) is 1. The molecule has 1 fully saturated rings. The Hall–Kier alpha value is -1.32. The van der Waals surface area contributed by atoms with Gasteiger partial charge in [0.25, 0.3) is 0 Å². The van der Waals surface area contributed by atoms with Crippen molar-refractivity contribution in [2.24, 2.45) is 5.73 Å². The summed E-state index contributed by atoms with van der Waals surface area (Å²) in [7, 11) is 0. The molecule has 0 heterocycles. The van der Waals surface area contributed by atoms with Crippen LogP contribution in [0.2, 0.25) is 0 Å². The van der Waals surface area contributed by atoms with Gasteiger partial charge in [0, 0.05) is 4.47 Å². The molecule has 1 unspecified atom stereocenters. The molecule has 2 aromatic rings. The third-order valence-corrected chi connectivity index (χ3v) is 4.14. The van der Waals surface area contributed by atoms with E-state index in [1.165, 1.54) is 18.4 Å². The van der Waals surface area contributed by atoms with Crippen molar-refractivity contribution in [2.75, 3.05) is 0 Å². The summed E-state index contributed by atoms with van der Waals surface area (Å²) >= 11 is 3.51. The Kier molecular flexibility index (Phi) is 3.81. The van der Waals surface area contributed by atoms with Crippen LogP contribution in [0.3, 0.4) is 0 Å². The van der Waals surface area contributed by atoms with Gasteiger partial charge in [-0.2, -0.15) is 0 Å². The normalized spacial score (nSPS) is 15.9. The van der Waals surface area contributed by atoms with Gasteiger partial charge >= 0.3 is 0 Å². The molecule has 1 aliphatic carbocycles. The molecule has 1 aliphatic rings. The number of rotatable bonds is 4. The minimum absolute atomic E-state index is 0.109. The van der Waals surface area contributed by atoms with Gasteiger partial charge in [-0.05, 0) is 60.7 Å². The predicted molar refractivity (Wildman–Crippen MR) is 85.0 cm³/mol. The van der Waals surface area contributed by atoms with Crippen molar-refractivity contribution >= 4 is 15.9 Å². The summed E-state index contributed by atoms with van der Waals surface area (Å²) in [6, 6.07) is 14.3. The van der Waals surface area contributed by atoms with Crippen molar-refractivity contribution < 1.29 is 4.74 Å². The average Bonchev–Trinajstić information content (AvgIpc) is 3.26. The molecule has 2 N–H and O–H groups in total. The first-order chi connectivity index (χ1) is 9.63. The molecule has 0 amide bonds. The first-order valence-electron chi connectivity index (χ1n) is 6.92. The number of hydrogen-bond acceptors (Lipinski definition) is 2. The average molecular weight is 332 g/mol. The molecule has 20 heavy (non-hydrogen) atoms. The summed E-state index contributed by atoms with van der Waals surface area (Å²) < 4.78 is 6.82. The Morgan fingerprint density at radius 2 is 1.85 bits per heavy atom. The van der Waals surface area contributed by atoms with Gasteiger partial charge in [-0.1, -0.05) is 34.1 Å². The Morgan fingerprint density at radius 3 is 2.50 bits per heavy atom. The van der Waals surface area contributed by atoms with Gasteiger partial charge in [0.2, 0.25) is 0 Å². The van der Waals surface area contributed by atoms with Gasteiger partial charge in [0.15, 0.2) is 0 Å². The molecule has 1 atom stereocenters. The van der Waals surface area contributed by atoms with Crippen molar-refractivity contribution in [2.45, 2.75) is 31.9 Å². The van der Waals surface area contributed by atoms with E-state index in [1.54, 1.807) is 0 Å². The first-order valence-corrected chi connectivity index (χ1v) is 7.71. The lowest BCUT2D eigenvalue weighted by molar-refractivity contribution is 0.303. The second kappa shape index (κ2) is 5.58. The topological polar surface area (TPSA) is 35.2 Å². The number of nitrogens with two attached hydrogens (primary N) is 1. The van der Waals surface area contributed by atoms with Gasteiger partial charge in [0.05, 0.1) is 12.1 Å². The molecule has 3 rings (SSSR count). The van der Waals surface area contributed by atoms with Gasteiger partial charge in [-0.25, -0.2) is 0 Å². The Labute approximate surface area is 128 Å². The second-order valence-corrected chi connectivity index (χ2v) is 6.28. The van der Waals surface area contributed by atoms with E-state index in [0.29, 0.717) is 6.10 Å². The van der Waals surface area contributed by atoms with E-state index in [0.717, 1.165) is 21.3 Å². The van der Waals surface area contributed by atoms with Crippen LogP contribution in [0.4, 0.5) is 0 Å². The van der Waals surface area contributed by atoms with Crippen LogP contribution in [-0.2, 0) is 0 Å². The van der Waals surface area contributed by atoms with E-state index < -0.39 is 0 Å². The van der Waals surface area contributed by atoms with Crippen molar-refractivity contribution in [3.8, 4) is 5.75 Å². The van der Waals surface area contributed by atoms with E-state index in [1.807, 2.05) is 18.2 Å². The zero-order chi connectivity index (χ0) is 14.1. The van der Waals surface area contributed by atoms with E-state index in [4.69, 9.17) is 10.5 Å². The quantitative estimate of drug-likeness (QED) is 0.904. The van der Waals surface area contributed by atoms with E-state index >= 15 is 0 Å². The summed E-state index contributed by atoms with van der Waals surface area (Å²) in [5.41, 5.74) is 9.85. The van der Waals surface area contributed by atoms with Crippen LogP contribution in [0.15, 0.2) is 46.9 Å². The summed E-state index contributed by atoms with van der Waals surface area (Å²) in [5, 5.41) is 0. The third kappa shape index (κ3) is 3.05. The highest BCUT2D eigenvalue weighted by Crippen LogP contribution is 2.29. The van der Waals surface area contributed by atoms with Crippen molar-refractivity contribution in [3.63, 3.8) is 0 Å². The zero-order valence-electron chi connectivity index (χ0n) is 11.5. The smallest absolute Gasteiger partial charge is 0.119 e. The highest BCUT2D eigenvalue weighted by Gasteiger charge is 2.23. The molecule has 2 aromatic carbocycles. The Bertz CT molecular complexity index is 605. The highest BCUT2D eigenvalue weighted by atomic mass is 79.9. The molecule has 3 heteroatoms. The van der Waals surface area contributed by atoms with Gasteiger partial charge in [-0.3, -0.25) is 0 Å². The van der Waals surface area contributed by atoms with Crippen LogP contribution in [0, 0.1) is 6.92 Å². The second-order valence-electron chi connectivity index (χ2n) is 5.36. The fourth-order valence-electron chi connectivity index (χ4n) is 2.26. The summed E-state index contributed by atoms with van der Waals surface area (Å²) in [5.74, 6) is 0.939. The van der Waals surface area contributed by atoms with E-state index in [-0.39, 0.29) is 6.04 Å². The van der Waals surface area contributed by atoms with Crippen LogP contribution in [0.25, 0.3) is 0 Å². The van der Waals surface area contributed by atoms with Crippen LogP contribution < -0.4 is 10.5 Å². The lowest BCUT2D eigenvalue weighted by Gasteiger charge is -2.16. The van der Waals surface area contributed by atoms with Crippen LogP contribution in [0.5, 0.6) is 5.75 Å². The molecule has 0 aromatic heterocycles. The first kappa shape index (κ1) is 13.7. The molecule has 0 saturated heterocycles. The minimum atomic E-state index is -0.109. The maximum atomic E-state index is 6.39. The number of benzene rings is 2. The summed E-state index contributed by atoms with van der Waals surface area (Å²) in [6.07, 6.45) is 2.79. The molecule has 0 radical (unpaired) electrons. The molecule has 2 nitrogen and oxygen atoms in total. The fraction of sp³-hybridized carbons (Fsp3) is 0.294.